The molecular weight excluding hydrogens is 320 g/mol. The molecule has 0 aromatic heterocycles. The van der Waals surface area contributed by atoms with E-state index in [2.05, 4.69) is 28.5 Å². The third-order valence-electron chi connectivity index (χ3n) is 4.02. The van der Waals surface area contributed by atoms with E-state index in [1.165, 1.54) is 0 Å². The van der Waals surface area contributed by atoms with Crippen molar-refractivity contribution in [3.8, 4) is 5.75 Å². The summed E-state index contributed by atoms with van der Waals surface area (Å²) in [7, 11) is 1.85. The highest BCUT2D eigenvalue weighted by molar-refractivity contribution is 5.95. The summed E-state index contributed by atoms with van der Waals surface area (Å²) >= 11 is 0. The molecule has 0 radical (unpaired) electrons. The lowest BCUT2D eigenvalue weighted by atomic mass is 10.2. The van der Waals surface area contributed by atoms with Gasteiger partial charge in [0.15, 0.2) is 0 Å². The van der Waals surface area contributed by atoms with Crippen molar-refractivity contribution in [1.29, 1.82) is 0 Å². The van der Waals surface area contributed by atoms with Crippen molar-refractivity contribution in [3.05, 3.63) is 24.3 Å². The number of hydrogen-bond donors (Lipinski definition) is 2. The second kappa shape index (κ2) is 9.27. The number of likely N-dealkylation sites (N-methyl/N-ethyl adjacent to an activating group) is 2. The molecule has 2 N–H and O–H groups in total. The SMILES string of the molecule is CCCNC(=O)NC(=O)CN(C)C[C@H]1CN(CC)c2ccccc2O1. The van der Waals surface area contributed by atoms with Crippen LogP contribution in [0.5, 0.6) is 5.75 Å². The Balaban J connectivity index is 1.83. The number of ether oxygens (including phenoxy) is 1. The van der Waals surface area contributed by atoms with Gasteiger partial charge in [0.2, 0.25) is 5.91 Å². The molecule has 0 unspecified atom stereocenters. The van der Waals surface area contributed by atoms with Gasteiger partial charge in [-0.25, -0.2) is 4.79 Å². The Morgan fingerprint density at radius 1 is 1.32 bits per heavy atom. The first-order valence-electron chi connectivity index (χ1n) is 8.80. The van der Waals surface area contributed by atoms with Crippen molar-refractivity contribution < 1.29 is 14.3 Å². The number of carbonyl (C=O) groups excluding carboxylic acids is 2. The molecule has 0 fully saturated rings. The summed E-state index contributed by atoms with van der Waals surface area (Å²) < 4.78 is 6.06. The number of urea groups is 1. The van der Waals surface area contributed by atoms with Crippen LogP contribution in [0, 0.1) is 0 Å². The summed E-state index contributed by atoms with van der Waals surface area (Å²) in [4.78, 5) is 27.6. The van der Waals surface area contributed by atoms with E-state index in [9.17, 15) is 9.59 Å². The first kappa shape index (κ1) is 19.1. The second-order valence-electron chi connectivity index (χ2n) is 6.25. The van der Waals surface area contributed by atoms with Crippen LogP contribution in [0.25, 0.3) is 0 Å². The molecule has 25 heavy (non-hydrogen) atoms. The van der Waals surface area contributed by atoms with E-state index in [1.54, 1.807) is 0 Å². The minimum atomic E-state index is -0.444. The van der Waals surface area contributed by atoms with Crippen LogP contribution in [-0.4, -0.2) is 62.7 Å². The number of nitrogens with zero attached hydrogens (tertiary/aromatic N) is 2. The fourth-order valence-corrected chi connectivity index (χ4v) is 2.88. The van der Waals surface area contributed by atoms with Crippen LogP contribution in [-0.2, 0) is 4.79 Å². The maximum atomic E-state index is 11.9. The minimum Gasteiger partial charge on any atom is -0.485 e. The predicted octanol–water partition coefficient (Wildman–Crippen LogP) is 1.44. The van der Waals surface area contributed by atoms with E-state index in [-0.39, 0.29) is 18.6 Å². The molecule has 1 atom stereocenters. The summed E-state index contributed by atoms with van der Waals surface area (Å²) in [6.07, 6.45) is 0.803. The average Bonchev–Trinajstić information content (AvgIpc) is 2.58. The lowest BCUT2D eigenvalue weighted by Crippen LogP contribution is -2.48. The molecule has 0 saturated heterocycles. The van der Waals surface area contributed by atoms with Crippen LogP contribution in [0.2, 0.25) is 0 Å². The second-order valence-corrected chi connectivity index (χ2v) is 6.25. The molecule has 7 heteroatoms. The summed E-state index contributed by atoms with van der Waals surface area (Å²) in [6.45, 7) is 7.05. The van der Waals surface area contributed by atoms with Crippen molar-refractivity contribution in [2.75, 3.05) is 44.7 Å². The number of imide groups is 1. The number of carbonyl (C=O) groups is 2. The number of para-hydroxylation sites is 2. The number of rotatable bonds is 7. The monoisotopic (exact) mass is 348 g/mol. The van der Waals surface area contributed by atoms with Crippen LogP contribution < -0.4 is 20.3 Å². The highest BCUT2D eigenvalue weighted by Gasteiger charge is 2.25. The van der Waals surface area contributed by atoms with Gasteiger partial charge in [-0.05, 0) is 32.5 Å². The van der Waals surface area contributed by atoms with E-state index in [1.807, 2.05) is 37.1 Å². The first-order chi connectivity index (χ1) is 12.0. The van der Waals surface area contributed by atoms with Crippen molar-refractivity contribution in [2.45, 2.75) is 26.4 Å². The van der Waals surface area contributed by atoms with Gasteiger partial charge in [0, 0.05) is 19.6 Å². The number of nitrogens with one attached hydrogen (secondary N) is 2. The molecule has 7 nitrogen and oxygen atoms in total. The Morgan fingerprint density at radius 2 is 2.08 bits per heavy atom. The number of hydrogen-bond acceptors (Lipinski definition) is 5. The van der Waals surface area contributed by atoms with Gasteiger partial charge in [0.05, 0.1) is 18.8 Å². The van der Waals surface area contributed by atoms with Crippen molar-refractivity contribution in [2.24, 2.45) is 0 Å². The third kappa shape index (κ3) is 5.63. The Labute approximate surface area is 149 Å². The fraction of sp³-hybridized carbons (Fsp3) is 0.556. The van der Waals surface area contributed by atoms with E-state index in [0.29, 0.717) is 13.1 Å². The van der Waals surface area contributed by atoms with Crippen LogP contribution in [0.15, 0.2) is 24.3 Å². The lowest BCUT2D eigenvalue weighted by molar-refractivity contribution is -0.121. The maximum Gasteiger partial charge on any atom is 0.321 e. The molecule has 1 aromatic rings. The van der Waals surface area contributed by atoms with E-state index < -0.39 is 6.03 Å². The summed E-state index contributed by atoms with van der Waals surface area (Å²) in [5.74, 6) is 0.553. The van der Waals surface area contributed by atoms with Crippen LogP contribution in [0.4, 0.5) is 10.5 Å². The van der Waals surface area contributed by atoms with Gasteiger partial charge >= 0.3 is 6.03 Å². The molecule has 0 saturated carbocycles. The Morgan fingerprint density at radius 3 is 2.80 bits per heavy atom. The zero-order chi connectivity index (χ0) is 18.2. The fourth-order valence-electron chi connectivity index (χ4n) is 2.88. The van der Waals surface area contributed by atoms with Gasteiger partial charge in [0.1, 0.15) is 11.9 Å². The van der Waals surface area contributed by atoms with Crippen LogP contribution >= 0.6 is 0 Å². The molecule has 1 aliphatic heterocycles. The van der Waals surface area contributed by atoms with E-state index in [0.717, 1.165) is 30.9 Å². The number of benzene rings is 1. The van der Waals surface area contributed by atoms with Crippen LogP contribution in [0.3, 0.4) is 0 Å². The Hall–Kier alpha value is -2.28. The quantitative estimate of drug-likeness (QED) is 0.780. The molecule has 0 spiro atoms. The predicted molar refractivity (Wildman–Crippen MR) is 98.1 cm³/mol. The molecule has 1 aliphatic rings. The number of amides is 3. The standard InChI is InChI=1S/C18H28N4O3/c1-4-10-19-18(24)20-17(23)13-21(3)11-14-12-22(5-2)15-8-6-7-9-16(15)25-14/h6-9,14H,4-5,10-13H2,1-3H3,(H2,19,20,23,24)/t14-/m0/s1. The molecule has 1 heterocycles. The van der Waals surface area contributed by atoms with Gasteiger partial charge in [0.25, 0.3) is 0 Å². The molecule has 1 aromatic carbocycles. The van der Waals surface area contributed by atoms with Gasteiger partial charge in [-0.1, -0.05) is 19.1 Å². The van der Waals surface area contributed by atoms with Crippen molar-refractivity contribution in [1.82, 2.24) is 15.5 Å². The summed E-state index contributed by atoms with van der Waals surface area (Å²) in [5, 5.41) is 4.96. The molecular formula is C18H28N4O3. The first-order valence-corrected chi connectivity index (χ1v) is 8.80. The van der Waals surface area contributed by atoms with Crippen LogP contribution in [0.1, 0.15) is 20.3 Å². The minimum absolute atomic E-state index is 0.0263. The van der Waals surface area contributed by atoms with Gasteiger partial charge < -0.3 is 15.0 Å². The summed E-state index contributed by atoms with van der Waals surface area (Å²) in [6, 6.07) is 7.54. The largest absolute Gasteiger partial charge is 0.485 e. The smallest absolute Gasteiger partial charge is 0.321 e. The third-order valence-corrected chi connectivity index (χ3v) is 4.02. The zero-order valence-corrected chi connectivity index (χ0v) is 15.2. The van der Waals surface area contributed by atoms with Gasteiger partial charge in [-0.2, -0.15) is 0 Å². The molecule has 0 bridgehead atoms. The summed E-state index contributed by atoms with van der Waals surface area (Å²) in [5.41, 5.74) is 1.11. The molecule has 138 valence electrons. The van der Waals surface area contributed by atoms with Gasteiger partial charge in [-0.3, -0.25) is 15.0 Å². The normalized spacial score (nSPS) is 16.2. The van der Waals surface area contributed by atoms with Crippen molar-refractivity contribution >= 4 is 17.6 Å². The topological polar surface area (TPSA) is 73.9 Å². The Bertz CT molecular complexity index is 593. The van der Waals surface area contributed by atoms with E-state index in [4.69, 9.17) is 4.74 Å². The molecule has 3 amide bonds. The lowest BCUT2D eigenvalue weighted by Gasteiger charge is -2.37. The van der Waals surface area contributed by atoms with Crippen molar-refractivity contribution in [3.63, 3.8) is 0 Å². The highest BCUT2D eigenvalue weighted by atomic mass is 16.5. The number of anilines is 1. The average molecular weight is 348 g/mol. The highest BCUT2D eigenvalue weighted by Crippen LogP contribution is 2.32. The molecule has 2 rings (SSSR count). The zero-order valence-electron chi connectivity index (χ0n) is 15.2. The van der Waals surface area contributed by atoms with Gasteiger partial charge in [-0.15, -0.1) is 0 Å². The Kier molecular flexibility index (Phi) is 7.06. The number of fused-ring (bicyclic) bond motifs is 1. The van der Waals surface area contributed by atoms with E-state index >= 15 is 0 Å². The molecule has 0 aliphatic carbocycles. The maximum absolute atomic E-state index is 11.9.